The Kier molecular flexibility index (Phi) is 9.41. The molecule has 0 atom stereocenters. The first kappa shape index (κ1) is 38.7. The van der Waals surface area contributed by atoms with Crippen LogP contribution >= 0.6 is 45.3 Å². The minimum atomic E-state index is -0.0786. The van der Waals surface area contributed by atoms with Crippen molar-refractivity contribution in [2.45, 2.75) is 100 Å². The van der Waals surface area contributed by atoms with Crippen molar-refractivity contribution in [3.05, 3.63) is 152 Å². The van der Waals surface area contributed by atoms with Gasteiger partial charge in [-0.2, -0.15) is 0 Å². The summed E-state index contributed by atoms with van der Waals surface area (Å²) in [4.78, 5) is 5.32. The van der Waals surface area contributed by atoms with Crippen molar-refractivity contribution in [1.82, 2.24) is 0 Å². The molecule has 298 valence electrons. The number of aryl methyl sites for hydroxylation is 4. The average molecular weight is 845 g/mol. The number of para-hydroxylation sites is 2. The van der Waals surface area contributed by atoms with Crippen LogP contribution in [0.2, 0.25) is 0 Å². The van der Waals surface area contributed by atoms with Crippen LogP contribution in [0.15, 0.2) is 102 Å². The highest BCUT2D eigenvalue weighted by Gasteiger charge is 2.40. The molecule has 10 rings (SSSR count). The van der Waals surface area contributed by atoms with Crippen LogP contribution in [0.1, 0.15) is 89.6 Å². The normalized spacial score (nSPS) is 16.0. The zero-order chi connectivity index (χ0) is 41.1. The van der Waals surface area contributed by atoms with E-state index in [1.807, 2.05) is 45.3 Å². The Bertz CT molecular complexity index is 2990. The van der Waals surface area contributed by atoms with Gasteiger partial charge < -0.3 is 9.80 Å². The largest absolute Gasteiger partial charge is 0.308 e. The molecule has 2 aliphatic carbocycles. The highest BCUT2D eigenvalue weighted by Crippen LogP contribution is 2.60. The van der Waals surface area contributed by atoms with Gasteiger partial charge in [0.1, 0.15) is 0 Å². The van der Waals surface area contributed by atoms with Crippen molar-refractivity contribution in [2.24, 2.45) is 0 Å². The van der Waals surface area contributed by atoms with Crippen molar-refractivity contribution in [1.29, 1.82) is 0 Å². The van der Waals surface area contributed by atoms with E-state index in [1.54, 1.807) is 0 Å². The molecule has 1 aliphatic heterocycles. The molecular weight excluding hydrogens is 793 g/mol. The maximum Gasteiger partial charge on any atom is 0.0838 e. The predicted molar refractivity (Wildman–Crippen MR) is 266 cm³/mol. The third kappa shape index (κ3) is 5.73. The summed E-state index contributed by atoms with van der Waals surface area (Å²) in [5, 5.41) is 0. The third-order valence-electron chi connectivity index (χ3n) is 13.9. The quantitative estimate of drug-likeness (QED) is 0.163. The van der Waals surface area contributed by atoms with E-state index < -0.39 is 0 Å². The Morgan fingerprint density at radius 1 is 0.525 bits per heavy atom. The van der Waals surface area contributed by atoms with E-state index in [1.165, 1.54) is 127 Å². The lowest BCUT2D eigenvalue weighted by Crippen LogP contribution is -2.35. The standard InChI is InChI=1S/C53H52N2S4/c1-29-31(3)35(7)47-45(33(29)5)56-49-43(54(37-21-13-11-14-22-37)38-23-15-12-16-24-38)50-52(59-48-36(8)32(4)30(2)34(6)46(48)57-50)44(51(49)58-47)55-41-27-19-17-25-39(41)53(9,10)40-26-18-20-28-42(40)55/h11,13-15,17,19-25,27-28H,12,16,18,26H2,1-10H3. The van der Waals surface area contributed by atoms with Gasteiger partial charge in [-0.15, -0.1) is 45.3 Å². The summed E-state index contributed by atoms with van der Waals surface area (Å²) < 4.78 is 11.0. The topological polar surface area (TPSA) is 6.48 Å². The molecule has 0 radical (unpaired) electrons. The second kappa shape index (κ2) is 14.3. The third-order valence-corrected chi connectivity index (χ3v) is 19.7. The summed E-state index contributed by atoms with van der Waals surface area (Å²) in [5.74, 6) is 0. The monoisotopic (exact) mass is 844 g/mol. The minimum absolute atomic E-state index is 0.0786. The molecule has 0 saturated heterocycles. The molecule has 2 nitrogen and oxygen atoms in total. The molecule has 0 bridgehead atoms. The average Bonchev–Trinajstić information content (AvgIpc) is 3.26. The highest BCUT2D eigenvalue weighted by atomic mass is 32.1. The van der Waals surface area contributed by atoms with Gasteiger partial charge in [0, 0.05) is 41.3 Å². The number of hydrogen-bond acceptors (Lipinski definition) is 6. The van der Waals surface area contributed by atoms with E-state index >= 15 is 0 Å². The van der Waals surface area contributed by atoms with Crippen LogP contribution in [-0.2, 0) is 5.41 Å². The maximum atomic E-state index is 2.71. The number of rotatable bonds is 4. The lowest BCUT2D eigenvalue weighted by Gasteiger charge is -2.44. The van der Waals surface area contributed by atoms with Gasteiger partial charge in [-0.1, -0.05) is 68.5 Å². The highest BCUT2D eigenvalue weighted by molar-refractivity contribution is 7.40. The summed E-state index contributed by atoms with van der Waals surface area (Å²) in [7, 11) is 0. The van der Waals surface area contributed by atoms with E-state index in [-0.39, 0.29) is 5.41 Å². The Hall–Kier alpha value is -4.46. The molecule has 0 saturated carbocycles. The molecular formula is C53H52N2S4. The summed E-state index contributed by atoms with van der Waals surface area (Å²) in [6.07, 6.45) is 16.3. The van der Waals surface area contributed by atoms with Crippen LogP contribution in [0.3, 0.4) is 0 Å². The van der Waals surface area contributed by atoms with Crippen molar-refractivity contribution in [3.8, 4) is 0 Å². The summed E-state index contributed by atoms with van der Waals surface area (Å²) in [6.45, 7) is 23.6. The van der Waals surface area contributed by atoms with Crippen LogP contribution in [0.4, 0.5) is 22.7 Å². The van der Waals surface area contributed by atoms with E-state index in [9.17, 15) is 0 Å². The van der Waals surface area contributed by atoms with Crippen molar-refractivity contribution in [3.63, 3.8) is 0 Å². The van der Waals surface area contributed by atoms with Gasteiger partial charge in [0.2, 0.25) is 0 Å². The number of allylic oxidation sites excluding steroid dienone is 6. The van der Waals surface area contributed by atoms with Gasteiger partial charge in [0.15, 0.2) is 0 Å². The first-order valence-corrected chi connectivity index (χ1v) is 24.3. The van der Waals surface area contributed by atoms with Crippen molar-refractivity contribution in [2.75, 3.05) is 9.80 Å². The van der Waals surface area contributed by atoms with Crippen LogP contribution in [-0.4, -0.2) is 0 Å². The molecule has 0 fully saturated rings. The molecule has 0 N–H and O–H groups in total. The summed E-state index contributed by atoms with van der Waals surface area (Å²) in [5.41, 5.74) is 21.8. The van der Waals surface area contributed by atoms with E-state index in [4.69, 9.17) is 0 Å². The van der Waals surface area contributed by atoms with Crippen molar-refractivity contribution < 1.29 is 0 Å². The second-order valence-corrected chi connectivity index (χ2v) is 21.4. The Morgan fingerprint density at radius 3 is 1.58 bits per heavy atom. The number of anilines is 4. The minimum Gasteiger partial charge on any atom is -0.308 e. The van der Waals surface area contributed by atoms with Crippen LogP contribution in [0.25, 0.3) is 37.6 Å². The van der Waals surface area contributed by atoms with Gasteiger partial charge in [-0.25, -0.2) is 0 Å². The van der Waals surface area contributed by atoms with Gasteiger partial charge in [0.05, 0.1) is 35.9 Å². The molecule has 0 unspecified atom stereocenters. The maximum absolute atomic E-state index is 2.71. The predicted octanol–water partition coefficient (Wildman–Crippen LogP) is 17.5. The molecule has 3 heterocycles. The smallest absolute Gasteiger partial charge is 0.0838 e. The van der Waals surface area contributed by atoms with E-state index in [0.717, 1.165) is 25.7 Å². The summed E-state index contributed by atoms with van der Waals surface area (Å²) in [6, 6.07) is 20.4. The molecule has 3 aliphatic rings. The lowest BCUT2D eigenvalue weighted by atomic mass is 9.70. The lowest BCUT2D eigenvalue weighted by molar-refractivity contribution is 0.571. The Balaban J connectivity index is 1.51. The van der Waals surface area contributed by atoms with Crippen LogP contribution < -0.4 is 9.80 Å². The number of benzene rings is 5. The fraction of sp³-hybridized carbons (Fsp3) is 0.283. The Labute approximate surface area is 365 Å². The fourth-order valence-electron chi connectivity index (χ4n) is 9.78. The first-order chi connectivity index (χ1) is 28.4. The van der Waals surface area contributed by atoms with Gasteiger partial charge >= 0.3 is 0 Å². The molecule has 5 aromatic carbocycles. The molecule has 0 spiro atoms. The van der Waals surface area contributed by atoms with Crippen LogP contribution in [0, 0.1) is 55.4 Å². The number of fused-ring (bicyclic) bond motifs is 5. The molecule has 0 amide bonds. The molecule has 2 aromatic heterocycles. The zero-order valence-electron chi connectivity index (χ0n) is 35.9. The molecule has 6 heteroatoms. The van der Waals surface area contributed by atoms with Crippen LogP contribution in [0.5, 0.6) is 0 Å². The zero-order valence-corrected chi connectivity index (χ0v) is 39.2. The summed E-state index contributed by atoms with van der Waals surface area (Å²) >= 11 is 8.09. The molecule has 59 heavy (non-hydrogen) atoms. The first-order valence-electron chi connectivity index (χ1n) is 21.1. The SMILES string of the molecule is Cc1c(C)c(C)c2sc3c(N4C5=C(CCC=C5)C(C)(C)c5ccccc54)c4sc5c(C)c(C)c(C)c(C)c5sc4c(N(C4=CCCC=C4)c4ccccc4)c3sc2c1C. The van der Waals surface area contributed by atoms with Gasteiger partial charge in [-0.3, -0.25) is 0 Å². The van der Waals surface area contributed by atoms with Gasteiger partial charge in [-0.05, 0) is 167 Å². The van der Waals surface area contributed by atoms with E-state index in [0.29, 0.717) is 0 Å². The van der Waals surface area contributed by atoms with Gasteiger partial charge in [0.25, 0.3) is 0 Å². The number of hydrogen-bond donors (Lipinski definition) is 0. The Morgan fingerprint density at radius 2 is 1.03 bits per heavy atom. The molecule has 7 aromatic rings. The van der Waals surface area contributed by atoms with Crippen molar-refractivity contribution >= 4 is 106 Å². The second-order valence-electron chi connectivity index (χ2n) is 17.3. The fourth-order valence-corrected chi connectivity index (χ4v) is 15.9. The van der Waals surface area contributed by atoms with E-state index in [2.05, 4.69) is 164 Å². The number of nitrogens with zero attached hydrogens (tertiary/aromatic N) is 2.